The van der Waals surface area contributed by atoms with E-state index in [1.54, 1.807) is 29.0 Å². The molecule has 5 rings (SSSR count). The lowest BCUT2D eigenvalue weighted by Gasteiger charge is -2.39. The summed E-state index contributed by atoms with van der Waals surface area (Å²) in [5.74, 6) is -0.186. The largest absolute Gasteiger partial charge is 0.573 e. The van der Waals surface area contributed by atoms with Gasteiger partial charge in [-0.1, -0.05) is 30.3 Å². The molecule has 2 N–H and O–H groups in total. The number of hydrogen-bond donors (Lipinski definition) is 2. The smallest absolute Gasteiger partial charge is 0.491 e. The summed E-state index contributed by atoms with van der Waals surface area (Å²) in [5.41, 5.74) is 1.29. The first kappa shape index (κ1) is 25.5. The van der Waals surface area contributed by atoms with Gasteiger partial charge in [0.25, 0.3) is 12.4 Å². The van der Waals surface area contributed by atoms with Crippen LogP contribution in [0.1, 0.15) is 28.2 Å². The molecule has 0 fully saturated rings. The number of hydrogen-bond acceptors (Lipinski definition) is 5. The summed E-state index contributed by atoms with van der Waals surface area (Å²) < 4.78 is 49.5. The number of pyridine rings is 1. The first-order valence-corrected chi connectivity index (χ1v) is 11.1. The van der Waals surface area contributed by atoms with Gasteiger partial charge in [-0.05, 0) is 42.0 Å². The number of ether oxygens (including phenoxy) is 2. The maximum absolute atomic E-state index is 13.6. The molecular weight excluding hydrogens is 491 g/mol. The number of aryl methyl sites for hydroxylation is 1. The van der Waals surface area contributed by atoms with E-state index in [4.69, 9.17) is 14.6 Å². The Kier molecular flexibility index (Phi) is 7.05. The molecule has 0 bridgehead atoms. The molecule has 8 nitrogen and oxygen atoms in total. The SMILES string of the molecule is Cn1c(C(=O)NC2(c3ccc(OC(F)(F)F)cc3)CCOc3cccnc32)cc2ccccc21.O=CO. The molecule has 1 atom stereocenters. The number of amides is 1. The molecule has 2 aromatic carbocycles. The van der Waals surface area contributed by atoms with Gasteiger partial charge in [0.15, 0.2) is 0 Å². The Balaban J connectivity index is 0.00000102. The van der Waals surface area contributed by atoms with Gasteiger partial charge in [0.1, 0.15) is 28.4 Å². The Hall–Kier alpha value is -4.54. The van der Waals surface area contributed by atoms with Gasteiger partial charge in [-0.3, -0.25) is 14.6 Å². The molecule has 1 unspecified atom stereocenters. The lowest BCUT2D eigenvalue weighted by atomic mass is 9.81. The Morgan fingerprint density at radius 1 is 1.16 bits per heavy atom. The molecule has 3 heterocycles. The molecule has 1 aliphatic rings. The van der Waals surface area contributed by atoms with Crippen molar-refractivity contribution in [3.63, 3.8) is 0 Å². The van der Waals surface area contributed by atoms with Crippen molar-refractivity contribution in [2.75, 3.05) is 6.61 Å². The predicted molar refractivity (Wildman–Crippen MR) is 127 cm³/mol. The van der Waals surface area contributed by atoms with Crippen LogP contribution in [0.4, 0.5) is 13.2 Å². The lowest BCUT2D eigenvalue weighted by Crippen LogP contribution is -2.50. The summed E-state index contributed by atoms with van der Waals surface area (Å²) in [4.78, 5) is 26.4. The van der Waals surface area contributed by atoms with E-state index in [0.29, 0.717) is 29.1 Å². The molecule has 0 saturated heterocycles. The van der Waals surface area contributed by atoms with Gasteiger partial charge in [-0.25, -0.2) is 0 Å². The first-order valence-electron chi connectivity index (χ1n) is 11.1. The monoisotopic (exact) mass is 513 g/mol. The van der Waals surface area contributed by atoms with Crippen molar-refractivity contribution in [1.82, 2.24) is 14.9 Å². The van der Waals surface area contributed by atoms with E-state index >= 15 is 0 Å². The van der Waals surface area contributed by atoms with Crippen molar-refractivity contribution >= 4 is 23.3 Å². The van der Waals surface area contributed by atoms with Crippen LogP contribution >= 0.6 is 0 Å². The van der Waals surface area contributed by atoms with Crippen LogP contribution in [0.15, 0.2) is 72.9 Å². The zero-order chi connectivity index (χ0) is 26.6. The molecule has 1 amide bonds. The minimum Gasteiger partial charge on any atom is -0.491 e. The number of alkyl halides is 3. The number of fused-ring (bicyclic) bond motifs is 2. The molecule has 0 spiro atoms. The van der Waals surface area contributed by atoms with E-state index in [1.807, 2.05) is 31.3 Å². The number of benzene rings is 2. The van der Waals surface area contributed by atoms with Crippen molar-refractivity contribution in [1.29, 1.82) is 0 Å². The molecule has 0 saturated carbocycles. The number of para-hydroxylation sites is 1. The highest BCUT2D eigenvalue weighted by Crippen LogP contribution is 2.41. The molecule has 1 aliphatic heterocycles. The van der Waals surface area contributed by atoms with Gasteiger partial charge >= 0.3 is 6.36 Å². The summed E-state index contributed by atoms with van der Waals surface area (Å²) >= 11 is 0. The zero-order valence-corrected chi connectivity index (χ0v) is 19.5. The summed E-state index contributed by atoms with van der Waals surface area (Å²) in [6, 6.07) is 18.4. The Labute approximate surface area is 209 Å². The van der Waals surface area contributed by atoms with Crippen LogP contribution in [0.2, 0.25) is 0 Å². The van der Waals surface area contributed by atoms with E-state index in [0.717, 1.165) is 10.9 Å². The second-order valence-electron chi connectivity index (χ2n) is 8.13. The third kappa shape index (κ3) is 5.20. The summed E-state index contributed by atoms with van der Waals surface area (Å²) in [6.07, 6.45) is -2.87. The number of carbonyl (C=O) groups is 2. The second-order valence-corrected chi connectivity index (χ2v) is 8.13. The van der Waals surface area contributed by atoms with Gasteiger partial charge in [0.2, 0.25) is 0 Å². The minimum atomic E-state index is -4.80. The van der Waals surface area contributed by atoms with Crippen LogP contribution < -0.4 is 14.8 Å². The highest BCUT2D eigenvalue weighted by Gasteiger charge is 2.43. The number of carboxylic acid groups (broad SMARTS) is 1. The molecule has 37 heavy (non-hydrogen) atoms. The number of halogens is 3. The summed E-state index contributed by atoms with van der Waals surface area (Å²) in [7, 11) is 1.81. The molecule has 2 aromatic heterocycles. The molecule has 11 heteroatoms. The van der Waals surface area contributed by atoms with Crippen molar-refractivity contribution in [2.45, 2.75) is 18.3 Å². The number of aromatic nitrogens is 2. The van der Waals surface area contributed by atoms with E-state index in [-0.39, 0.29) is 24.7 Å². The van der Waals surface area contributed by atoms with Crippen LogP contribution in [-0.2, 0) is 17.4 Å². The molecular formula is C26H22F3N3O5. The molecule has 0 radical (unpaired) electrons. The van der Waals surface area contributed by atoms with E-state index < -0.39 is 11.9 Å². The maximum Gasteiger partial charge on any atom is 0.573 e. The highest BCUT2D eigenvalue weighted by atomic mass is 19.4. The standard InChI is InChI=1S/C25H20F3N3O3.CH2O2/c1-31-19-6-3-2-5-16(19)15-20(31)23(32)30-24(12-14-33-21-7-4-13-29-22(21)24)17-8-10-18(11-9-17)34-25(26,27)28;2-1-3/h2-11,13,15H,12,14H2,1H3,(H,30,32);1H,(H,2,3). The zero-order valence-electron chi connectivity index (χ0n) is 19.5. The minimum absolute atomic E-state index is 0.250. The number of carbonyl (C=O) groups excluding carboxylic acids is 1. The fourth-order valence-corrected chi connectivity index (χ4v) is 4.44. The van der Waals surface area contributed by atoms with Crippen LogP contribution in [0, 0.1) is 0 Å². The van der Waals surface area contributed by atoms with Gasteiger partial charge in [-0.15, -0.1) is 13.2 Å². The molecule has 0 aliphatic carbocycles. The molecule has 192 valence electrons. The maximum atomic E-state index is 13.6. The van der Waals surface area contributed by atoms with Crippen LogP contribution in [0.5, 0.6) is 11.5 Å². The number of nitrogens with zero attached hydrogens (tertiary/aromatic N) is 2. The van der Waals surface area contributed by atoms with Crippen molar-refractivity contribution in [3.05, 3.63) is 89.9 Å². The predicted octanol–water partition coefficient (Wildman–Crippen LogP) is 4.63. The summed E-state index contributed by atoms with van der Waals surface area (Å²) in [6.45, 7) is 0.0366. The average molecular weight is 513 g/mol. The topological polar surface area (TPSA) is 103 Å². The number of rotatable bonds is 4. The van der Waals surface area contributed by atoms with E-state index in [2.05, 4.69) is 15.0 Å². The normalized spacial score (nSPS) is 16.5. The van der Waals surface area contributed by atoms with Crippen LogP contribution in [0.25, 0.3) is 10.9 Å². The fraction of sp³-hybridized carbons (Fsp3) is 0.192. The Morgan fingerprint density at radius 3 is 2.54 bits per heavy atom. The van der Waals surface area contributed by atoms with Gasteiger partial charge < -0.3 is 24.5 Å². The Morgan fingerprint density at radius 2 is 1.86 bits per heavy atom. The third-order valence-corrected chi connectivity index (χ3v) is 6.00. The van der Waals surface area contributed by atoms with Crippen LogP contribution in [-0.4, -0.2) is 40.0 Å². The van der Waals surface area contributed by atoms with Crippen molar-refractivity contribution < 1.29 is 37.3 Å². The average Bonchev–Trinajstić information content (AvgIpc) is 3.21. The van der Waals surface area contributed by atoms with Crippen molar-refractivity contribution in [2.24, 2.45) is 7.05 Å². The summed E-state index contributed by atoms with van der Waals surface area (Å²) in [5, 5.41) is 10.9. The quantitative estimate of drug-likeness (QED) is 0.386. The lowest BCUT2D eigenvalue weighted by molar-refractivity contribution is -0.274. The van der Waals surface area contributed by atoms with Gasteiger partial charge in [0, 0.05) is 30.6 Å². The van der Waals surface area contributed by atoms with E-state index in [9.17, 15) is 18.0 Å². The highest BCUT2D eigenvalue weighted by molar-refractivity contribution is 5.99. The Bertz CT molecular complexity index is 1420. The van der Waals surface area contributed by atoms with Crippen LogP contribution in [0.3, 0.4) is 0 Å². The molecule has 4 aromatic rings. The first-order chi connectivity index (χ1) is 17.7. The van der Waals surface area contributed by atoms with Gasteiger partial charge in [0.05, 0.1) is 6.61 Å². The van der Waals surface area contributed by atoms with Crippen molar-refractivity contribution in [3.8, 4) is 11.5 Å². The van der Waals surface area contributed by atoms with E-state index in [1.165, 1.54) is 24.3 Å². The second kappa shape index (κ2) is 10.2. The fourth-order valence-electron chi connectivity index (χ4n) is 4.44. The van der Waals surface area contributed by atoms with Gasteiger partial charge in [-0.2, -0.15) is 0 Å². The number of nitrogens with one attached hydrogen (secondary N) is 1. The third-order valence-electron chi connectivity index (χ3n) is 6.00.